The predicted molar refractivity (Wildman–Crippen MR) is 105 cm³/mol. The van der Waals surface area contributed by atoms with Crippen LogP contribution in [0, 0.1) is 5.92 Å². The Labute approximate surface area is 151 Å². The first-order valence-corrected chi connectivity index (χ1v) is 9.67. The SMILES string of the molecule is C=C1Oc2cc(/C=C/CCCCCC)cc(O)c2[C@@H]2C=C(C)CC[C@@H]12. The largest absolute Gasteiger partial charge is 0.507 e. The molecule has 0 saturated carbocycles. The summed E-state index contributed by atoms with van der Waals surface area (Å²) in [5.41, 5.74) is 3.31. The number of benzene rings is 1. The summed E-state index contributed by atoms with van der Waals surface area (Å²) in [5, 5.41) is 10.6. The summed E-state index contributed by atoms with van der Waals surface area (Å²) in [5.74, 6) is 2.42. The average molecular weight is 338 g/mol. The van der Waals surface area contributed by atoms with Crippen LogP contribution in [0.25, 0.3) is 6.08 Å². The minimum Gasteiger partial charge on any atom is -0.507 e. The number of hydrogen-bond donors (Lipinski definition) is 1. The summed E-state index contributed by atoms with van der Waals surface area (Å²) in [7, 11) is 0. The van der Waals surface area contributed by atoms with Crippen LogP contribution in [0.3, 0.4) is 0 Å². The summed E-state index contributed by atoms with van der Waals surface area (Å²) < 4.78 is 6.00. The first kappa shape index (κ1) is 17.8. The molecule has 1 heterocycles. The summed E-state index contributed by atoms with van der Waals surface area (Å²) in [6, 6.07) is 3.91. The van der Waals surface area contributed by atoms with E-state index in [1.54, 1.807) is 0 Å². The topological polar surface area (TPSA) is 29.5 Å². The molecule has 3 rings (SSSR count). The summed E-state index contributed by atoms with van der Waals surface area (Å²) in [4.78, 5) is 0. The van der Waals surface area contributed by atoms with E-state index in [2.05, 4.69) is 38.7 Å². The van der Waals surface area contributed by atoms with Crippen LogP contribution < -0.4 is 4.74 Å². The van der Waals surface area contributed by atoms with Crippen LogP contribution >= 0.6 is 0 Å². The normalized spacial score (nSPS) is 22.3. The Hall–Kier alpha value is -1.96. The first-order valence-electron chi connectivity index (χ1n) is 9.67. The number of hydrogen-bond acceptors (Lipinski definition) is 2. The van der Waals surface area contributed by atoms with Gasteiger partial charge in [-0.1, -0.05) is 56.6 Å². The Balaban J connectivity index is 1.80. The van der Waals surface area contributed by atoms with Crippen LogP contribution in [0.15, 0.2) is 42.2 Å². The molecule has 1 aliphatic heterocycles. The molecule has 2 atom stereocenters. The van der Waals surface area contributed by atoms with Crippen LogP contribution in [0.1, 0.15) is 75.8 Å². The average Bonchev–Trinajstić information content (AvgIpc) is 2.57. The zero-order valence-electron chi connectivity index (χ0n) is 15.6. The number of ether oxygens (including phenoxy) is 1. The summed E-state index contributed by atoms with van der Waals surface area (Å²) in [6.07, 6.45) is 14.9. The van der Waals surface area contributed by atoms with Gasteiger partial charge in [-0.25, -0.2) is 0 Å². The summed E-state index contributed by atoms with van der Waals surface area (Å²) in [6.45, 7) is 8.53. The van der Waals surface area contributed by atoms with Crippen molar-refractivity contribution in [3.05, 3.63) is 53.3 Å². The molecule has 0 fully saturated rings. The van der Waals surface area contributed by atoms with Crippen molar-refractivity contribution >= 4 is 6.08 Å². The van der Waals surface area contributed by atoms with Crippen molar-refractivity contribution in [1.29, 1.82) is 0 Å². The Morgan fingerprint density at radius 1 is 1.28 bits per heavy atom. The quantitative estimate of drug-likeness (QED) is 0.461. The Morgan fingerprint density at radius 3 is 2.92 bits per heavy atom. The van der Waals surface area contributed by atoms with Gasteiger partial charge in [0.25, 0.3) is 0 Å². The van der Waals surface area contributed by atoms with Crippen LogP contribution in [0.4, 0.5) is 0 Å². The van der Waals surface area contributed by atoms with Gasteiger partial charge in [0.2, 0.25) is 0 Å². The Bertz CT molecular complexity index is 696. The van der Waals surface area contributed by atoms with Crippen molar-refractivity contribution in [2.75, 3.05) is 0 Å². The smallest absolute Gasteiger partial charge is 0.135 e. The standard InChI is InChI=1S/C23H30O2/c1-4-5-6-7-8-9-10-18-14-21(24)23-20-13-16(2)11-12-19(20)17(3)25-22(23)15-18/h9-10,13-15,19-20,24H,3-8,11-12H2,1-2H3/b10-9+/t19-,20+/m0/s1. The highest BCUT2D eigenvalue weighted by atomic mass is 16.5. The molecule has 2 nitrogen and oxygen atoms in total. The van der Waals surface area contributed by atoms with Crippen LogP contribution in [0.5, 0.6) is 11.5 Å². The lowest BCUT2D eigenvalue weighted by molar-refractivity contribution is 0.275. The maximum Gasteiger partial charge on any atom is 0.135 e. The van der Waals surface area contributed by atoms with Crippen molar-refractivity contribution in [1.82, 2.24) is 0 Å². The lowest BCUT2D eigenvalue weighted by atomic mass is 9.74. The molecule has 2 aliphatic rings. The maximum absolute atomic E-state index is 10.6. The molecule has 0 unspecified atom stereocenters. The molecular formula is C23H30O2. The number of fused-ring (bicyclic) bond motifs is 3. The molecule has 1 aliphatic carbocycles. The lowest BCUT2D eigenvalue weighted by Crippen LogP contribution is -2.25. The van der Waals surface area contributed by atoms with E-state index in [1.165, 1.54) is 31.3 Å². The van der Waals surface area contributed by atoms with E-state index in [1.807, 2.05) is 12.1 Å². The Kier molecular flexibility index (Phi) is 5.67. The molecule has 0 radical (unpaired) electrons. The van der Waals surface area contributed by atoms with Crippen LogP contribution in [-0.4, -0.2) is 5.11 Å². The van der Waals surface area contributed by atoms with Gasteiger partial charge in [-0.2, -0.15) is 0 Å². The number of rotatable bonds is 6. The number of aromatic hydroxyl groups is 1. The molecule has 0 amide bonds. The van der Waals surface area contributed by atoms with E-state index in [9.17, 15) is 5.11 Å². The summed E-state index contributed by atoms with van der Waals surface area (Å²) >= 11 is 0. The monoisotopic (exact) mass is 338 g/mol. The van der Waals surface area contributed by atoms with E-state index < -0.39 is 0 Å². The lowest BCUT2D eigenvalue weighted by Gasteiger charge is -2.36. The highest BCUT2D eigenvalue weighted by Gasteiger charge is 2.36. The number of allylic oxidation sites excluding steroid dienone is 4. The van der Waals surface area contributed by atoms with Gasteiger partial charge >= 0.3 is 0 Å². The van der Waals surface area contributed by atoms with E-state index in [-0.39, 0.29) is 11.8 Å². The van der Waals surface area contributed by atoms with E-state index in [0.29, 0.717) is 5.75 Å². The third-order valence-electron chi connectivity index (χ3n) is 5.41. The number of phenols is 1. The Morgan fingerprint density at radius 2 is 2.12 bits per heavy atom. The molecule has 0 spiro atoms. The highest BCUT2D eigenvalue weighted by Crippen LogP contribution is 2.51. The second kappa shape index (κ2) is 7.95. The van der Waals surface area contributed by atoms with Gasteiger partial charge in [0, 0.05) is 17.4 Å². The molecule has 134 valence electrons. The molecule has 1 aromatic carbocycles. The molecule has 0 saturated heterocycles. The minimum atomic E-state index is 0.192. The van der Waals surface area contributed by atoms with Gasteiger partial charge in [-0.05, 0) is 50.3 Å². The molecule has 0 bridgehead atoms. The van der Waals surface area contributed by atoms with E-state index in [4.69, 9.17) is 4.74 Å². The number of unbranched alkanes of at least 4 members (excludes halogenated alkanes) is 4. The molecule has 0 aromatic heterocycles. The van der Waals surface area contributed by atoms with E-state index >= 15 is 0 Å². The van der Waals surface area contributed by atoms with Crippen molar-refractivity contribution in [3.8, 4) is 11.5 Å². The predicted octanol–water partition coefficient (Wildman–Crippen LogP) is 6.72. The van der Waals surface area contributed by atoms with Gasteiger partial charge in [-0.3, -0.25) is 0 Å². The van der Waals surface area contributed by atoms with Crippen LogP contribution in [0.2, 0.25) is 0 Å². The fourth-order valence-electron chi connectivity index (χ4n) is 3.99. The third-order valence-corrected chi connectivity index (χ3v) is 5.41. The van der Waals surface area contributed by atoms with Crippen molar-refractivity contribution in [2.24, 2.45) is 5.92 Å². The van der Waals surface area contributed by atoms with Crippen molar-refractivity contribution < 1.29 is 9.84 Å². The van der Waals surface area contributed by atoms with Crippen molar-refractivity contribution in [2.45, 2.75) is 64.7 Å². The zero-order valence-corrected chi connectivity index (χ0v) is 15.6. The molecule has 25 heavy (non-hydrogen) atoms. The van der Waals surface area contributed by atoms with E-state index in [0.717, 1.165) is 41.9 Å². The second-order valence-electron chi connectivity index (χ2n) is 7.46. The second-order valence-corrected chi connectivity index (χ2v) is 7.46. The van der Waals surface area contributed by atoms with Gasteiger partial charge in [0.1, 0.15) is 17.3 Å². The first-order chi connectivity index (χ1) is 12.1. The molecular weight excluding hydrogens is 308 g/mol. The zero-order chi connectivity index (χ0) is 17.8. The van der Waals surface area contributed by atoms with Gasteiger partial charge < -0.3 is 9.84 Å². The maximum atomic E-state index is 10.6. The van der Waals surface area contributed by atoms with Gasteiger partial charge in [0.05, 0.1) is 0 Å². The fraction of sp³-hybridized carbons (Fsp3) is 0.478. The molecule has 1 N–H and O–H groups in total. The highest BCUT2D eigenvalue weighted by molar-refractivity contribution is 5.62. The number of phenolic OH excluding ortho intramolecular Hbond substituents is 1. The third kappa shape index (κ3) is 4.00. The fourth-order valence-corrected chi connectivity index (χ4v) is 3.99. The van der Waals surface area contributed by atoms with Gasteiger partial charge in [0.15, 0.2) is 0 Å². The van der Waals surface area contributed by atoms with Crippen molar-refractivity contribution in [3.63, 3.8) is 0 Å². The molecule has 1 aromatic rings. The molecule has 2 heteroatoms. The van der Waals surface area contributed by atoms with Gasteiger partial charge in [-0.15, -0.1) is 0 Å². The minimum absolute atomic E-state index is 0.192. The van der Waals surface area contributed by atoms with Crippen LogP contribution in [-0.2, 0) is 0 Å².